The number of benzene rings is 7. The molecular formula is C46H30O. The molecule has 7 aromatic rings. The zero-order chi connectivity index (χ0) is 31.3. The van der Waals surface area contributed by atoms with E-state index in [0.717, 1.165) is 40.0 Å². The summed E-state index contributed by atoms with van der Waals surface area (Å²) in [5, 5.41) is 4.86. The van der Waals surface area contributed by atoms with Crippen molar-refractivity contribution in [1.29, 1.82) is 0 Å². The minimum atomic E-state index is 0.525. The van der Waals surface area contributed by atoms with Gasteiger partial charge < -0.3 is 4.74 Å². The molecule has 0 atom stereocenters. The summed E-state index contributed by atoms with van der Waals surface area (Å²) in [5.41, 5.74) is 14.0. The SMILES string of the molecule is C#Cc1c(/C=C2\COc3ccccc32)c(-c2c3ccccc3c(-c3ccc(-c4ccccc4)cc3)c3ccccc23)cc2c1CC=C2. The first-order valence-electron chi connectivity index (χ1n) is 16.1. The number of terminal acetylenes is 1. The molecule has 1 heterocycles. The molecule has 7 aromatic carbocycles. The van der Waals surface area contributed by atoms with E-state index >= 15 is 0 Å². The van der Waals surface area contributed by atoms with E-state index in [0.29, 0.717) is 6.61 Å². The van der Waals surface area contributed by atoms with Crippen LogP contribution in [-0.2, 0) is 6.42 Å². The first-order valence-corrected chi connectivity index (χ1v) is 16.1. The lowest BCUT2D eigenvalue weighted by Gasteiger charge is -2.21. The molecule has 1 heteroatoms. The predicted molar refractivity (Wildman–Crippen MR) is 198 cm³/mol. The van der Waals surface area contributed by atoms with Crippen LogP contribution in [0.2, 0.25) is 0 Å². The third kappa shape index (κ3) is 4.42. The van der Waals surface area contributed by atoms with Gasteiger partial charge in [-0.05, 0) is 96.2 Å². The van der Waals surface area contributed by atoms with Crippen LogP contribution in [0.15, 0.2) is 140 Å². The smallest absolute Gasteiger partial charge is 0.127 e. The second kappa shape index (κ2) is 11.1. The highest BCUT2D eigenvalue weighted by Crippen LogP contribution is 2.47. The summed E-state index contributed by atoms with van der Waals surface area (Å²) >= 11 is 0. The Morgan fingerprint density at radius 2 is 1.19 bits per heavy atom. The average Bonchev–Trinajstić information content (AvgIpc) is 3.78. The number of para-hydroxylation sites is 1. The highest BCUT2D eigenvalue weighted by Gasteiger charge is 2.24. The number of fused-ring (bicyclic) bond motifs is 4. The molecule has 47 heavy (non-hydrogen) atoms. The number of hydrogen-bond acceptors (Lipinski definition) is 1. The van der Waals surface area contributed by atoms with Gasteiger partial charge in [0.05, 0.1) is 0 Å². The second-order valence-electron chi connectivity index (χ2n) is 12.3. The van der Waals surface area contributed by atoms with E-state index < -0.39 is 0 Å². The minimum Gasteiger partial charge on any atom is -0.488 e. The van der Waals surface area contributed by atoms with E-state index in [9.17, 15) is 0 Å². The highest BCUT2D eigenvalue weighted by molar-refractivity contribution is 6.22. The topological polar surface area (TPSA) is 9.23 Å². The van der Waals surface area contributed by atoms with Crippen LogP contribution >= 0.6 is 0 Å². The molecular weight excluding hydrogens is 569 g/mol. The van der Waals surface area contributed by atoms with E-state index in [1.54, 1.807) is 0 Å². The molecule has 0 bridgehead atoms. The number of hydrogen-bond donors (Lipinski definition) is 0. The molecule has 0 fully saturated rings. The zero-order valence-corrected chi connectivity index (χ0v) is 25.8. The maximum Gasteiger partial charge on any atom is 0.127 e. The van der Waals surface area contributed by atoms with Gasteiger partial charge in [-0.1, -0.05) is 139 Å². The molecule has 0 spiro atoms. The fourth-order valence-electron chi connectivity index (χ4n) is 7.53. The van der Waals surface area contributed by atoms with E-state index in [-0.39, 0.29) is 0 Å². The number of ether oxygens (including phenoxy) is 1. The van der Waals surface area contributed by atoms with Gasteiger partial charge in [0.15, 0.2) is 0 Å². The molecule has 0 unspecified atom stereocenters. The number of rotatable bonds is 4. The Kier molecular flexibility index (Phi) is 6.41. The van der Waals surface area contributed by atoms with Crippen LogP contribution in [0, 0.1) is 12.3 Å². The fourth-order valence-corrected chi connectivity index (χ4v) is 7.53. The van der Waals surface area contributed by atoms with Crippen molar-refractivity contribution in [1.82, 2.24) is 0 Å². The molecule has 220 valence electrons. The monoisotopic (exact) mass is 598 g/mol. The fraction of sp³-hybridized carbons (Fsp3) is 0.0435. The van der Waals surface area contributed by atoms with Crippen LogP contribution in [-0.4, -0.2) is 6.61 Å². The number of allylic oxidation sites excluding steroid dienone is 1. The third-order valence-electron chi connectivity index (χ3n) is 9.69. The molecule has 0 amide bonds. The van der Waals surface area contributed by atoms with Crippen LogP contribution in [0.25, 0.3) is 72.7 Å². The van der Waals surface area contributed by atoms with Gasteiger partial charge in [-0.15, -0.1) is 6.42 Å². The van der Waals surface area contributed by atoms with Crippen LogP contribution in [0.1, 0.15) is 27.8 Å². The van der Waals surface area contributed by atoms with E-state index in [4.69, 9.17) is 11.2 Å². The van der Waals surface area contributed by atoms with Crippen LogP contribution in [0.3, 0.4) is 0 Å². The molecule has 0 aromatic heterocycles. The van der Waals surface area contributed by atoms with Gasteiger partial charge in [-0.2, -0.15) is 0 Å². The van der Waals surface area contributed by atoms with Gasteiger partial charge in [-0.25, -0.2) is 0 Å². The Morgan fingerprint density at radius 3 is 1.89 bits per heavy atom. The molecule has 1 nitrogen and oxygen atoms in total. The summed E-state index contributed by atoms with van der Waals surface area (Å²) in [6.45, 7) is 0.525. The van der Waals surface area contributed by atoms with E-state index in [1.165, 1.54) is 60.5 Å². The van der Waals surface area contributed by atoms with Crippen molar-refractivity contribution in [2.45, 2.75) is 6.42 Å². The Hall–Kier alpha value is -6.10. The highest BCUT2D eigenvalue weighted by atomic mass is 16.5. The molecule has 0 N–H and O–H groups in total. The van der Waals surface area contributed by atoms with Gasteiger partial charge in [-0.3, -0.25) is 0 Å². The summed E-state index contributed by atoms with van der Waals surface area (Å²) in [7, 11) is 0. The van der Waals surface area contributed by atoms with Crippen molar-refractivity contribution in [2.24, 2.45) is 0 Å². The van der Waals surface area contributed by atoms with E-state index in [2.05, 4.69) is 145 Å². The van der Waals surface area contributed by atoms with Crippen molar-refractivity contribution in [2.75, 3.05) is 6.61 Å². The normalized spacial score (nSPS) is 13.9. The summed E-state index contributed by atoms with van der Waals surface area (Å²) in [6, 6.07) is 47.9. The largest absolute Gasteiger partial charge is 0.488 e. The molecule has 1 aliphatic heterocycles. The van der Waals surface area contributed by atoms with Gasteiger partial charge in [0.25, 0.3) is 0 Å². The summed E-state index contributed by atoms with van der Waals surface area (Å²) in [5.74, 6) is 4.05. The van der Waals surface area contributed by atoms with Gasteiger partial charge in [0.1, 0.15) is 12.4 Å². The van der Waals surface area contributed by atoms with Crippen LogP contribution in [0.5, 0.6) is 5.75 Å². The lowest BCUT2D eigenvalue weighted by atomic mass is 9.81. The quantitative estimate of drug-likeness (QED) is 0.145. The molecule has 0 saturated heterocycles. The minimum absolute atomic E-state index is 0.525. The molecule has 1 aliphatic carbocycles. The first kappa shape index (κ1) is 27.2. The van der Waals surface area contributed by atoms with Gasteiger partial charge >= 0.3 is 0 Å². The third-order valence-corrected chi connectivity index (χ3v) is 9.69. The van der Waals surface area contributed by atoms with Crippen molar-refractivity contribution >= 4 is 39.3 Å². The summed E-state index contributed by atoms with van der Waals surface area (Å²) < 4.78 is 6.10. The van der Waals surface area contributed by atoms with E-state index in [1.807, 2.05) is 12.1 Å². The summed E-state index contributed by atoms with van der Waals surface area (Å²) in [6.07, 6.45) is 14.0. The van der Waals surface area contributed by atoms with Gasteiger partial charge in [0, 0.05) is 16.7 Å². The summed E-state index contributed by atoms with van der Waals surface area (Å²) in [4.78, 5) is 0. The Morgan fingerprint density at radius 1 is 0.596 bits per heavy atom. The first-order chi connectivity index (χ1) is 23.3. The van der Waals surface area contributed by atoms with Crippen molar-refractivity contribution in [3.8, 4) is 51.5 Å². The standard InChI is InChI=1S/C46H30O/c1-2-35-36-21-12-15-33(36)27-43(42(35)28-34-29-47-44-22-11-10-16-37(34)44)46-40-19-8-6-17-38(40)45(39-18-7-9-20-41(39)46)32-25-23-31(24-26-32)30-13-4-3-5-14-30/h1,3-20,22-28H,21,29H2/b34-28+. The van der Waals surface area contributed by atoms with Gasteiger partial charge in [0.2, 0.25) is 0 Å². The molecule has 0 radical (unpaired) electrons. The van der Waals surface area contributed by atoms with Crippen molar-refractivity contribution < 1.29 is 4.74 Å². The Bertz CT molecular complexity index is 2410. The Labute approximate surface area is 275 Å². The predicted octanol–water partition coefficient (Wildman–Crippen LogP) is 11.5. The van der Waals surface area contributed by atoms with Crippen molar-refractivity contribution in [3.05, 3.63) is 167 Å². The zero-order valence-electron chi connectivity index (χ0n) is 25.8. The molecule has 0 saturated carbocycles. The maximum absolute atomic E-state index is 6.38. The lowest BCUT2D eigenvalue weighted by Crippen LogP contribution is -2.00. The van der Waals surface area contributed by atoms with Crippen molar-refractivity contribution in [3.63, 3.8) is 0 Å². The van der Waals surface area contributed by atoms with Crippen LogP contribution in [0.4, 0.5) is 0 Å². The maximum atomic E-state index is 6.38. The molecule has 9 rings (SSSR count). The average molecular weight is 599 g/mol. The second-order valence-corrected chi connectivity index (χ2v) is 12.3. The Balaban J connectivity index is 1.34. The van der Waals surface area contributed by atoms with Crippen LogP contribution < -0.4 is 4.74 Å². The lowest BCUT2D eigenvalue weighted by molar-refractivity contribution is 0.389. The molecule has 2 aliphatic rings.